The van der Waals surface area contributed by atoms with Gasteiger partial charge in [-0.15, -0.1) is 0 Å². The number of carbonyl (C=O) groups is 6. The van der Waals surface area contributed by atoms with Crippen LogP contribution in [0.25, 0.3) is 0 Å². The Morgan fingerprint density at radius 1 is 0.679 bits per heavy atom. The number of hydrogen-bond acceptors (Lipinski definition) is 9. The van der Waals surface area contributed by atoms with Gasteiger partial charge in [-0.05, 0) is 77.1 Å². The van der Waals surface area contributed by atoms with Crippen molar-refractivity contribution in [1.29, 1.82) is 0 Å². The SMILES string of the molecule is CC(C)C[C@H](NC(=O)[C@H](COC(C)(C)C)NC(=O)CNC(=O)CNC(=O)OCc1ccccc1)C(=O)N[C@@H](Cc1ccc(OC(C)(C)C)cc1)C(=O)O. The predicted octanol–water partition coefficient (Wildman–Crippen LogP) is 2.85. The van der Waals surface area contributed by atoms with Gasteiger partial charge in [0, 0.05) is 6.42 Å². The van der Waals surface area contributed by atoms with Gasteiger partial charge < -0.3 is 45.9 Å². The van der Waals surface area contributed by atoms with Crippen molar-refractivity contribution in [2.45, 2.75) is 104 Å². The number of carbonyl (C=O) groups excluding carboxylic acids is 5. The monoisotopic (exact) mass is 741 g/mol. The number of carboxylic acids is 1. The minimum Gasteiger partial charge on any atom is -0.488 e. The molecule has 292 valence electrons. The molecular formula is C38H55N5O10. The molecule has 2 aromatic rings. The number of aliphatic carboxylic acids is 1. The van der Waals surface area contributed by atoms with Crippen LogP contribution in [0.2, 0.25) is 0 Å². The summed E-state index contributed by atoms with van der Waals surface area (Å²) in [6, 6.07) is 12.1. The van der Waals surface area contributed by atoms with E-state index in [9.17, 15) is 33.9 Å². The molecule has 0 aliphatic heterocycles. The number of ether oxygens (including phenoxy) is 3. The summed E-state index contributed by atoms with van der Waals surface area (Å²) in [4.78, 5) is 76.3. The normalized spacial score (nSPS) is 13.2. The second kappa shape index (κ2) is 20.8. The van der Waals surface area contributed by atoms with Crippen LogP contribution in [0, 0.1) is 5.92 Å². The lowest BCUT2D eigenvalue weighted by atomic mass is 10.0. The van der Waals surface area contributed by atoms with Gasteiger partial charge in [-0.3, -0.25) is 19.2 Å². The van der Waals surface area contributed by atoms with Gasteiger partial charge in [0.2, 0.25) is 23.6 Å². The Kier molecular flexibility index (Phi) is 17.2. The number of rotatable bonds is 19. The third-order valence-corrected chi connectivity index (χ3v) is 7.13. The summed E-state index contributed by atoms with van der Waals surface area (Å²) in [6.45, 7) is 13.4. The van der Waals surface area contributed by atoms with Gasteiger partial charge in [-0.1, -0.05) is 56.3 Å². The fraction of sp³-hybridized carbons (Fsp3) is 0.526. The average Bonchev–Trinajstić information content (AvgIpc) is 3.06. The molecule has 0 saturated carbocycles. The minimum atomic E-state index is -1.30. The van der Waals surface area contributed by atoms with Crippen molar-refractivity contribution in [3.63, 3.8) is 0 Å². The fourth-order valence-electron chi connectivity index (χ4n) is 4.66. The maximum Gasteiger partial charge on any atom is 0.407 e. The van der Waals surface area contributed by atoms with E-state index in [1.54, 1.807) is 69.3 Å². The van der Waals surface area contributed by atoms with Crippen molar-refractivity contribution in [2.75, 3.05) is 19.7 Å². The Hall–Kier alpha value is -5.18. The summed E-state index contributed by atoms with van der Waals surface area (Å²) in [5.41, 5.74) is 0.309. The second-order valence-electron chi connectivity index (χ2n) is 14.9. The number of amides is 5. The molecule has 0 bridgehead atoms. The Balaban J connectivity index is 2.03. The Labute approximate surface area is 311 Å². The molecule has 0 aliphatic carbocycles. The molecule has 6 N–H and O–H groups in total. The van der Waals surface area contributed by atoms with Crippen LogP contribution >= 0.6 is 0 Å². The van der Waals surface area contributed by atoms with Gasteiger partial charge in [0.05, 0.1) is 18.8 Å². The van der Waals surface area contributed by atoms with Gasteiger partial charge >= 0.3 is 12.1 Å². The van der Waals surface area contributed by atoms with Crippen LogP contribution < -0.4 is 31.3 Å². The van der Waals surface area contributed by atoms with E-state index in [1.807, 2.05) is 40.7 Å². The van der Waals surface area contributed by atoms with Crippen molar-refractivity contribution in [3.05, 3.63) is 65.7 Å². The van der Waals surface area contributed by atoms with E-state index in [1.165, 1.54) is 0 Å². The van der Waals surface area contributed by atoms with Crippen LogP contribution in [-0.2, 0) is 46.5 Å². The quantitative estimate of drug-likeness (QED) is 0.124. The van der Waals surface area contributed by atoms with Crippen molar-refractivity contribution in [2.24, 2.45) is 5.92 Å². The standard InChI is InChI=1S/C38H55N5O10/c1-24(2)18-28(33(46)43-29(35(48)49)19-25-14-16-27(17-15-25)53-38(6,7)8)42-34(47)30(23-52-37(3,4)5)41-32(45)21-39-31(44)20-40-36(50)51-22-26-12-10-9-11-13-26/h9-17,24,28-30H,18-23H2,1-8H3,(H,39,44)(H,40,50)(H,41,45)(H,42,47)(H,43,46)(H,48,49)/t28-,29-,30-/m0/s1. The lowest BCUT2D eigenvalue weighted by Crippen LogP contribution is -2.58. The minimum absolute atomic E-state index is 0.0131. The first-order valence-corrected chi connectivity index (χ1v) is 17.5. The van der Waals surface area contributed by atoms with E-state index < -0.39 is 78.1 Å². The third kappa shape index (κ3) is 18.8. The molecule has 15 heteroatoms. The molecule has 0 saturated heterocycles. The van der Waals surface area contributed by atoms with Crippen LogP contribution in [0.3, 0.4) is 0 Å². The zero-order chi connectivity index (χ0) is 39.8. The molecule has 53 heavy (non-hydrogen) atoms. The third-order valence-electron chi connectivity index (χ3n) is 7.13. The largest absolute Gasteiger partial charge is 0.488 e. The van der Waals surface area contributed by atoms with Gasteiger partial charge in [0.15, 0.2) is 0 Å². The molecule has 2 rings (SSSR count). The first-order chi connectivity index (χ1) is 24.7. The molecule has 0 heterocycles. The number of benzene rings is 2. The van der Waals surface area contributed by atoms with Crippen molar-refractivity contribution >= 4 is 35.7 Å². The van der Waals surface area contributed by atoms with Gasteiger partial charge in [0.25, 0.3) is 0 Å². The first kappa shape index (κ1) is 44.0. The Morgan fingerprint density at radius 2 is 1.26 bits per heavy atom. The molecular weight excluding hydrogens is 686 g/mol. The predicted molar refractivity (Wildman–Crippen MR) is 197 cm³/mol. The van der Waals surface area contributed by atoms with Crippen molar-refractivity contribution < 1.29 is 48.1 Å². The molecule has 15 nitrogen and oxygen atoms in total. The molecule has 3 atom stereocenters. The molecule has 2 aromatic carbocycles. The molecule has 5 amide bonds. The van der Waals surface area contributed by atoms with Crippen molar-refractivity contribution in [1.82, 2.24) is 26.6 Å². The highest BCUT2D eigenvalue weighted by atomic mass is 16.5. The van der Waals surface area contributed by atoms with E-state index in [-0.39, 0.29) is 32.0 Å². The van der Waals surface area contributed by atoms with E-state index in [0.717, 1.165) is 5.56 Å². The van der Waals surface area contributed by atoms with Crippen LogP contribution in [0.5, 0.6) is 5.75 Å². The second-order valence-corrected chi connectivity index (χ2v) is 14.9. The van der Waals surface area contributed by atoms with E-state index in [0.29, 0.717) is 11.3 Å². The van der Waals surface area contributed by atoms with E-state index in [2.05, 4.69) is 26.6 Å². The maximum atomic E-state index is 13.6. The lowest BCUT2D eigenvalue weighted by Gasteiger charge is -2.27. The number of alkyl carbamates (subject to hydrolysis) is 1. The topological polar surface area (TPSA) is 210 Å². The number of hydrogen-bond donors (Lipinski definition) is 6. The average molecular weight is 742 g/mol. The van der Waals surface area contributed by atoms with Gasteiger partial charge in [0.1, 0.15) is 42.6 Å². The van der Waals surface area contributed by atoms with Crippen LogP contribution in [-0.4, -0.2) is 89.8 Å². The number of carboxylic acid groups (broad SMARTS) is 1. The maximum absolute atomic E-state index is 13.6. The molecule has 0 aromatic heterocycles. The highest BCUT2D eigenvalue weighted by Crippen LogP contribution is 2.19. The van der Waals surface area contributed by atoms with E-state index in [4.69, 9.17) is 14.2 Å². The summed E-state index contributed by atoms with van der Waals surface area (Å²) >= 11 is 0. The zero-order valence-electron chi connectivity index (χ0n) is 31.9. The molecule has 0 unspecified atom stereocenters. The zero-order valence-corrected chi connectivity index (χ0v) is 31.9. The number of nitrogens with one attached hydrogen (secondary N) is 5. The molecule has 0 spiro atoms. The summed E-state index contributed by atoms with van der Waals surface area (Å²) < 4.78 is 16.6. The molecule has 0 fully saturated rings. The summed E-state index contributed by atoms with van der Waals surface area (Å²) in [5.74, 6) is -3.60. The summed E-state index contributed by atoms with van der Waals surface area (Å²) in [5, 5.41) is 22.3. The molecule has 0 radical (unpaired) electrons. The van der Waals surface area contributed by atoms with Crippen LogP contribution in [0.15, 0.2) is 54.6 Å². The van der Waals surface area contributed by atoms with Crippen LogP contribution in [0.4, 0.5) is 4.79 Å². The highest BCUT2D eigenvalue weighted by molar-refractivity contribution is 5.94. The van der Waals surface area contributed by atoms with E-state index >= 15 is 0 Å². The highest BCUT2D eigenvalue weighted by Gasteiger charge is 2.31. The van der Waals surface area contributed by atoms with Gasteiger partial charge in [-0.2, -0.15) is 0 Å². The summed E-state index contributed by atoms with van der Waals surface area (Å²) in [6.07, 6.45) is -0.673. The summed E-state index contributed by atoms with van der Waals surface area (Å²) in [7, 11) is 0. The smallest absolute Gasteiger partial charge is 0.407 e. The Morgan fingerprint density at radius 3 is 1.83 bits per heavy atom. The van der Waals surface area contributed by atoms with Gasteiger partial charge in [-0.25, -0.2) is 9.59 Å². The fourth-order valence-corrected chi connectivity index (χ4v) is 4.66. The van der Waals surface area contributed by atoms with Crippen LogP contribution in [0.1, 0.15) is 72.9 Å². The Bertz CT molecular complexity index is 1520. The lowest BCUT2D eigenvalue weighted by molar-refractivity contribution is -0.142. The first-order valence-electron chi connectivity index (χ1n) is 17.5. The van der Waals surface area contributed by atoms with Crippen molar-refractivity contribution in [3.8, 4) is 5.75 Å². The molecule has 0 aliphatic rings.